The van der Waals surface area contributed by atoms with Crippen molar-refractivity contribution in [1.82, 2.24) is 0 Å². The van der Waals surface area contributed by atoms with Gasteiger partial charge >= 0.3 is 0 Å². The van der Waals surface area contributed by atoms with E-state index in [4.69, 9.17) is 19.9 Å². The van der Waals surface area contributed by atoms with E-state index in [0.29, 0.717) is 30.3 Å². The number of ether oxygens (including phenoxy) is 3. The first-order valence-electron chi connectivity index (χ1n) is 5.79. The Labute approximate surface area is 107 Å². The molecule has 0 aliphatic carbocycles. The number of primary amides is 1. The summed E-state index contributed by atoms with van der Waals surface area (Å²) in [6.07, 6.45) is 1.74. The highest BCUT2D eigenvalue weighted by molar-refractivity contribution is 5.96. The quantitative estimate of drug-likeness (QED) is 0.714. The number of nitrogens with two attached hydrogens (primary N) is 1. The highest BCUT2D eigenvalue weighted by Gasteiger charge is 2.14. The third-order valence-corrected chi connectivity index (χ3v) is 2.45. The number of amides is 1. The molecule has 0 fully saturated rings. The lowest BCUT2D eigenvalue weighted by Gasteiger charge is -2.13. The van der Waals surface area contributed by atoms with E-state index in [1.165, 1.54) is 7.11 Å². The number of methoxy groups -OCH3 is 2. The zero-order chi connectivity index (χ0) is 13.4. The van der Waals surface area contributed by atoms with Crippen LogP contribution in [0.5, 0.6) is 11.5 Å². The molecular formula is C13H19NO4. The molecule has 5 nitrogen and oxygen atoms in total. The van der Waals surface area contributed by atoms with Crippen LogP contribution in [0.15, 0.2) is 18.2 Å². The highest BCUT2D eigenvalue weighted by atomic mass is 16.5. The highest BCUT2D eigenvalue weighted by Crippen LogP contribution is 2.30. The Morgan fingerprint density at radius 1 is 1.22 bits per heavy atom. The second-order valence-corrected chi connectivity index (χ2v) is 3.75. The standard InChI is InChI=1S/C13H19NO4/c1-16-8-3-4-9-18-12-10(13(14)15)6-5-7-11(12)17-2/h5-7H,3-4,8-9H2,1-2H3,(H2,14,15). The minimum atomic E-state index is -0.527. The average molecular weight is 253 g/mol. The van der Waals surface area contributed by atoms with Gasteiger partial charge in [0.05, 0.1) is 19.3 Å². The number of unbranched alkanes of at least 4 members (excludes halogenated alkanes) is 1. The van der Waals surface area contributed by atoms with Crippen molar-refractivity contribution in [3.05, 3.63) is 23.8 Å². The summed E-state index contributed by atoms with van der Waals surface area (Å²) in [5.41, 5.74) is 5.63. The fourth-order valence-electron chi connectivity index (χ4n) is 1.54. The summed E-state index contributed by atoms with van der Waals surface area (Å²) >= 11 is 0. The van der Waals surface area contributed by atoms with Crippen molar-refractivity contribution in [2.75, 3.05) is 27.4 Å². The molecule has 0 saturated heterocycles. The van der Waals surface area contributed by atoms with Crippen molar-refractivity contribution in [3.8, 4) is 11.5 Å². The van der Waals surface area contributed by atoms with Gasteiger partial charge in [0, 0.05) is 13.7 Å². The number of carbonyl (C=O) groups is 1. The third kappa shape index (κ3) is 3.92. The molecule has 18 heavy (non-hydrogen) atoms. The molecule has 0 saturated carbocycles. The minimum Gasteiger partial charge on any atom is -0.493 e. The molecule has 0 aliphatic rings. The van der Waals surface area contributed by atoms with Gasteiger partial charge in [-0.15, -0.1) is 0 Å². The Balaban J connectivity index is 2.69. The van der Waals surface area contributed by atoms with Gasteiger partial charge in [0.1, 0.15) is 0 Å². The first-order valence-corrected chi connectivity index (χ1v) is 5.79. The third-order valence-electron chi connectivity index (χ3n) is 2.45. The maximum Gasteiger partial charge on any atom is 0.252 e. The molecule has 100 valence electrons. The molecule has 0 atom stereocenters. The molecule has 1 aromatic rings. The zero-order valence-electron chi connectivity index (χ0n) is 10.8. The van der Waals surface area contributed by atoms with Crippen molar-refractivity contribution in [2.24, 2.45) is 5.73 Å². The van der Waals surface area contributed by atoms with E-state index in [-0.39, 0.29) is 0 Å². The normalized spacial score (nSPS) is 10.1. The summed E-state index contributed by atoms with van der Waals surface area (Å²) in [5, 5.41) is 0. The van der Waals surface area contributed by atoms with E-state index in [1.807, 2.05) is 0 Å². The molecule has 1 amide bonds. The molecule has 1 rings (SSSR count). The number of hydrogen-bond donors (Lipinski definition) is 1. The van der Waals surface area contributed by atoms with Crippen LogP contribution in [0.1, 0.15) is 23.2 Å². The molecule has 0 bridgehead atoms. The molecular weight excluding hydrogens is 234 g/mol. The first-order chi connectivity index (χ1) is 8.70. The lowest BCUT2D eigenvalue weighted by molar-refractivity contribution is 0.0995. The Bertz CT molecular complexity index is 393. The lowest BCUT2D eigenvalue weighted by atomic mass is 10.1. The van der Waals surface area contributed by atoms with Gasteiger partial charge in [0.15, 0.2) is 11.5 Å². The van der Waals surface area contributed by atoms with Gasteiger partial charge in [-0.25, -0.2) is 0 Å². The van der Waals surface area contributed by atoms with Crippen molar-refractivity contribution >= 4 is 5.91 Å². The van der Waals surface area contributed by atoms with Crippen LogP contribution in [0.25, 0.3) is 0 Å². The van der Waals surface area contributed by atoms with E-state index < -0.39 is 5.91 Å². The molecule has 0 aliphatic heterocycles. The summed E-state index contributed by atoms with van der Waals surface area (Å²) in [4.78, 5) is 11.3. The van der Waals surface area contributed by atoms with Crippen molar-refractivity contribution < 1.29 is 19.0 Å². The average Bonchev–Trinajstić information content (AvgIpc) is 2.38. The number of carbonyl (C=O) groups excluding carboxylic acids is 1. The summed E-state index contributed by atoms with van der Waals surface area (Å²) in [6, 6.07) is 5.06. The molecule has 0 heterocycles. The molecule has 0 aromatic heterocycles. The van der Waals surface area contributed by atoms with Gasteiger partial charge in [-0.1, -0.05) is 6.07 Å². The van der Waals surface area contributed by atoms with Gasteiger partial charge in [0.25, 0.3) is 5.91 Å². The fraction of sp³-hybridized carbons (Fsp3) is 0.462. The first kappa shape index (κ1) is 14.3. The van der Waals surface area contributed by atoms with E-state index in [2.05, 4.69) is 0 Å². The summed E-state index contributed by atoms with van der Waals surface area (Å²) < 4.78 is 15.7. The molecule has 0 radical (unpaired) electrons. The second kappa shape index (κ2) is 7.55. The molecule has 0 spiro atoms. The van der Waals surface area contributed by atoms with Crippen LogP contribution in [-0.2, 0) is 4.74 Å². The van der Waals surface area contributed by atoms with E-state index >= 15 is 0 Å². The predicted octanol–water partition coefficient (Wildman–Crippen LogP) is 1.60. The maximum atomic E-state index is 11.3. The predicted molar refractivity (Wildman–Crippen MR) is 68.1 cm³/mol. The largest absolute Gasteiger partial charge is 0.493 e. The van der Waals surface area contributed by atoms with Gasteiger partial charge < -0.3 is 19.9 Å². The molecule has 1 aromatic carbocycles. The van der Waals surface area contributed by atoms with Crippen LogP contribution in [0, 0.1) is 0 Å². The number of hydrogen-bond acceptors (Lipinski definition) is 4. The second-order valence-electron chi connectivity index (χ2n) is 3.75. The van der Waals surface area contributed by atoms with Crippen LogP contribution >= 0.6 is 0 Å². The van der Waals surface area contributed by atoms with Crippen molar-refractivity contribution in [3.63, 3.8) is 0 Å². The Kier molecular flexibility index (Phi) is 6.00. The molecule has 2 N–H and O–H groups in total. The van der Waals surface area contributed by atoms with Crippen LogP contribution < -0.4 is 15.2 Å². The Morgan fingerprint density at radius 3 is 2.56 bits per heavy atom. The van der Waals surface area contributed by atoms with Crippen LogP contribution in [0.3, 0.4) is 0 Å². The topological polar surface area (TPSA) is 70.8 Å². The lowest BCUT2D eigenvalue weighted by Crippen LogP contribution is -2.14. The Hall–Kier alpha value is -1.75. The minimum absolute atomic E-state index is 0.334. The van der Waals surface area contributed by atoms with Gasteiger partial charge in [-0.2, -0.15) is 0 Å². The summed E-state index contributed by atoms with van der Waals surface area (Å²) in [6.45, 7) is 1.18. The van der Waals surface area contributed by atoms with Crippen LogP contribution in [-0.4, -0.2) is 33.3 Å². The summed E-state index contributed by atoms with van der Waals surface area (Å²) in [5.74, 6) is 0.392. The molecule has 5 heteroatoms. The van der Waals surface area contributed by atoms with Gasteiger partial charge in [-0.05, 0) is 25.0 Å². The maximum absolute atomic E-state index is 11.3. The van der Waals surface area contributed by atoms with Crippen molar-refractivity contribution in [1.29, 1.82) is 0 Å². The van der Waals surface area contributed by atoms with E-state index in [9.17, 15) is 4.79 Å². The Morgan fingerprint density at radius 2 is 1.94 bits per heavy atom. The van der Waals surface area contributed by atoms with Gasteiger partial charge in [0.2, 0.25) is 0 Å². The van der Waals surface area contributed by atoms with E-state index in [1.54, 1.807) is 25.3 Å². The summed E-state index contributed by atoms with van der Waals surface area (Å²) in [7, 11) is 3.18. The number of para-hydroxylation sites is 1. The van der Waals surface area contributed by atoms with Crippen LogP contribution in [0.2, 0.25) is 0 Å². The molecule has 0 unspecified atom stereocenters. The van der Waals surface area contributed by atoms with Crippen LogP contribution in [0.4, 0.5) is 0 Å². The van der Waals surface area contributed by atoms with E-state index in [0.717, 1.165) is 12.8 Å². The smallest absolute Gasteiger partial charge is 0.252 e. The fourth-order valence-corrected chi connectivity index (χ4v) is 1.54. The van der Waals surface area contributed by atoms with Gasteiger partial charge in [-0.3, -0.25) is 4.79 Å². The van der Waals surface area contributed by atoms with Crippen molar-refractivity contribution in [2.45, 2.75) is 12.8 Å². The SMILES string of the molecule is COCCCCOc1c(OC)cccc1C(N)=O. The zero-order valence-corrected chi connectivity index (χ0v) is 10.8. The number of rotatable bonds is 8. The monoisotopic (exact) mass is 253 g/mol. The number of benzene rings is 1.